The van der Waals surface area contributed by atoms with Gasteiger partial charge in [-0.3, -0.25) is 4.99 Å². The second-order valence-electron chi connectivity index (χ2n) is 4.52. The number of nitrogens with zero attached hydrogens (tertiary/aromatic N) is 2. The third-order valence-corrected chi connectivity index (χ3v) is 3.81. The van der Waals surface area contributed by atoms with E-state index in [0.717, 1.165) is 27.5 Å². The SMILES string of the molecule is OCc1ccc(N=Cc2nc(-c3ccccc3)cs2)cc1. The summed E-state index contributed by atoms with van der Waals surface area (Å²) >= 11 is 1.57. The first-order valence-corrected chi connectivity index (χ1v) is 7.48. The number of aliphatic imine (C=N–C) groups is 1. The molecule has 1 heterocycles. The molecule has 1 aromatic heterocycles. The highest BCUT2D eigenvalue weighted by molar-refractivity contribution is 7.11. The minimum Gasteiger partial charge on any atom is -0.392 e. The average Bonchev–Trinajstić information content (AvgIpc) is 3.03. The molecule has 0 radical (unpaired) electrons. The van der Waals surface area contributed by atoms with Crippen LogP contribution in [-0.4, -0.2) is 16.3 Å². The molecule has 0 aliphatic rings. The predicted octanol–water partition coefficient (Wildman–Crippen LogP) is 4.05. The van der Waals surface area contributed by atoms with Gasteiger partial charge < -0.3 is 5.11 Å². The fraction of sp³-hybridized carbons (Fsp3) is 0.0588. The van der Waals surface area contributed by atoms with Crippen LogP contribution in [0.25, 0.3) is 11.3 Å². The summed E-state index contributed by atoms with van der Waals surface area (Å²) in [5.74, 6) is 0. The molecular weight excluding hydrogens is 280 g/mol. The largest absolute Gasteiger partial charge is 0.392 e. The highest BCUT2D eigenvalue weighted by atomic mass is 32.1. The van der Waals surface area contributed by atoms with Gasteiger partial charge >= 0.3 is 0 Å². The number of benzene rings is 2. The van der Waals surface area contributed by atoms with Gasteiger partial charge in [-0.15, -0.1) is 11.3 Å². The Bertz CT molecular complexity index is 733. The van der Waals surface area contributed by atoms with Crippen molar-refractivity contribution in [2.75, 3.05) is 0 Å². The van der Waals surface area contributed by atoms with Gasteiger partial charge in [-0.05, 0) is 17.7 Å². The van der Waals surface area contributed by atoms with E-state index in [9.17, 15) is 0 Å². The number of aliphatic hydroxyl groups excluding tert-OH is 1. The number of hydrogen-bond donors (Lipinski definition) is 1. The maximum atomic E-state index is 9.00. The molecule has 0 aliphatic carbocycles. The van der Waals surface area contributed by atoms with E-state index in [1.54, 1.807) is 17.6 Å². The number of aliphatic hydroxyl groups is 1. The van der Waals surface area contributed by atoms with E-state index in [1.807, 2.05) is 60.0 Å². The van der Waals surface area contributed by atoms with Crippen LogP contribution < -0.4 is 0 Å². The lowest BCUT2D eigenvalue weighted by molar-refractivity contribution is 0.282. The summed E-state index contributed by atoms with van der Waals surface area (Å²) in [6.45, 7) is 0.0525. The second-order valence-corrected chi connectivity index (χ2v) is 5.41. The van der Waals surface area contributed by atoms with Crippen molar-refractivity contribution < 1.29 is 5.11 Å². The fourth-order valence-electron chi connectivity index (χ4n) is 1.91. The lowest BCUT2D eigenvalue weighted by atomic mass is 10.2. The summed E-state index contributed by atoms with van der Waals surface area (Å²) in [6.07, 6.45) is 1.77. The summed E-state index contributed by atoms with van der Waals surface area (Å²) < 4.78 is 0. The van der Waals surface area contributed by atoms with Gasteiger partial charge in [-0.2, -0.15) is 0 Å². The van der Waals surface area contributed by atoms with E-state index in [4.69, 9.17) is 5.11 Å². The van der Waals surface area contributed by atoms with Crippen LogP contribution in [0, 0.1) is 0 Å². The summed E-state index contributed by atoms with van der Waals surface area (Å²) in [5.41, 5.74) is 3.82. The third kappa shape index (κ3) is 3.42. The molecular formula is C17H14N2OS. The predicted molar refractivity (Wildman–Crippen MR) is 87.2 cm³/mol. The van der Waals surface area contributed by atoms with Crippen molar-refractivity contribution in [3.05, 3.63) is 70.5 Å². The van der Waals surface area contributed by atoms with E-state index in [0.29, 0.717) is 0 Å². The maximum Gasteiger partial charge on any atom is 0.135 e. The van der Waals surface area contributed by atoms with Gasteiger partial charge in [0, 0.05) is 10.9 Å². The van der Waals surface area contributed by atoms with Crippen LogP contribution in [0.2, 0.25) is 0 Å². The van der Waals surface area contributed by atoms with Crippen molar-refractivity contribution in [1.29, 1.82) is 0 Å². The van der Waals surface area contributed by atoms with E-state index in [2.05, 4.69) is 9.98 Å². The molecule has 0 saturated carbocycles. The van der Waals surface area contributed by atoms with Gasteiger partial charge in [0.05, 0.1) is 24.2 Å². The van der Waals surface area contributed by atoms with Gasteiger partial charge in [0.1, 0.15) is 5.01 Å². The van der Waals surface area contributed by atoms with Crippen molar-refractivity contribution in [1.82, 2.24) is 4.98 Å². The molecule has 0 unspecified atom stereocenters. The molecule has 0 spiro atoms. The van der Waals surface area contributed by atoms with Crippen LogP contribution in [0.5, 0.6) is 0 Å². The van der Waals surface area contributed by atoms with E-state index >= 15 is 0 Å². The third-order valence-electron chi connectivity index (χ3n) is 3.03. The van der Waals surface area contributed by atoms with Gasteiger partial charge in [-0.1, -0.05) is 42.5 Å². The van der Waals surface area contributed by atoms with E-state index in [1.165, 1.54) is 0 Å². The Balaban J connectivity index is 1.76. The Morgan fingerprint density at radius 3 is 2.52 bits per heavy atom. The molecule has 0 saturated heterocycles. The lowest BCUT2D eigenvalue weighted by Crippen LogP contribution is -1.82. The van der Waals surface area contributed by atoms with Crippen LogP contribution in [0.4, 0.5) is 5.69 Å². The highest BCUT2D eigenvalue weighted by Crippen LogP contribution is 2.21. The van der Waals surface area contributed by atoms with Crippen LogP contribution in [0.15, 0.2) is 65.0 Å². The number of aromatic nitrogens is 1. The Hall–Kier alpha value is -2.30. The number of hydrogen-bond acceptors (Lipinski definition) is 4. The molecule has 0 amide bonds. The molecule has 3 nitrogen and oxygen atoms in total. The normalized spacial score (nSPS) is 11.1. The monoisotopic (exact) mass is 294 g/mol. The minimum absolute atomic E-state index is 0.0525. The molecule has 1 N–H and O–H groups in total. The highest BCUT2D eigenvalue weighted by Gasteiger charge is 2.02. The van der Waals surface area contributed by atoms with Crippen molar-refractivity contribution >= 4 is 23.2 Å². The Morgan fingerprint density at radius 1 is 1.05 bits per heavy atom. The van der Waals surface area contributed by atoms with Crippen molar-refractivity contribution in [2.24, 2.45) is 4.99 Å². The topological polar surface area (TPSA) is 45.5 Å². The van der Waals surface area contributed by atoms with Crippen LogP contribution >= 0.6 is 11.3 Å². The zero-order chi connectivity index (χ0) is 14.5. The van der Waals surface area contributed by atoms with Gasteiger partial charge in [0.25, 0.3) is 0 Å². The Kier molecular flexibility index (Phi) is 4.19. The molecule has 4 heteroatoms. The molecule has 0 aliphatic heterocycles. The molecule has 0 fully saturated rings. The average molecular weight is 294 g/mol. The van der Waals surface area contributed by atoms with Gasteiger partial charge in [0.15, 0.2) is 0 Å². The quantitative estimate of drug-likeness (QED) is 0.738. The molecule has 0 bridgehead atoms. The smallest absolute Gasteiger partial charge is 0.135 e. The van der Waals surface area contributed by atoms with E-state index < -0.39 is 0 Å². The fourth-order valence-corrected chi connectivity index (χ4v) is 2.59. The first-order chi connectivity index (χ1) is 10.3. The standard InChI is InChI=1S/C17H14N2OS/c20-11-13-6-8-15(9-7-13)18-10-17-19-16(12-21-17)14-4-2-1-3-5-14/h1-10,12,20H,11H2. The second kappa shape index (κ2) is 6.43. The number of rotatable bonds is 4. The first-order valence-electron chi connectivity index (χ1n) is 6.60. The minimum atomic E-state index is 0.0525. The van der Waals surface area contributed by atoms with E-state index in [-0.39, 0.29) is 6.61 Å². The summed E-state index contributed by atoms with van der Waals surface area (Å²) in [6, 6.07) is 17.6. The van der Waals surface area contributed by atoms with Crippen LogP contribution in [0.1, 0.15) is 10.6 Å². The van der Waals surface area contributed by atoms with Crippen molar-refractivity contribution in [2.45, 2.75) is 6.61 Å². The van der Waals surface area contributed by atoms with Crippen molar-refractivity contribution in [3.63, 3.8) is 0 Å². The molecule has 0 atom stereocenters. The maximum absolute atomic E-state index is 9.00. The molecule has 104 valence electrons. The number of thiazole rings is 1. The molecule has 3 rings (SSSR count). The zero-order valence-corrected chi connectivity index (χ0v) is 12.1. The summed E-state index contributed by atoms with van der Waals surface area (Å²) in [4.78, 5) is 8.96. The summed E-state index contributed by atoms with van der Waals surface area (Å²) in [5, 5.41) is 11.9. The van der Waals surface area contributed by atoms with Crippen LogP contribution in [0.3, 0.4) is 0 Å². The Morgan fingerprint density at radius 2 is 1.81 bits per heavy atom. The zero-order valence-electron chi connectivity index (χ0n) is 11.3. The van der Waals surface area contributed by atoms with Crippen molar-refractivity contribution in [3.8, 4) is 11.3 Å². The van der Waals surface area contributed by atoms with Crippen LogP contribution in [-0.2, 0) is 6.61 Å². The Labute approximate surface area is 127 Å². The van der Waals surface area contributed by atoms with Gasteiger partial charge in [-0.25, -0.2) is 4.98 Å². The molecule has 3 aromatic rings. The molecule has 21 heavy (non-hydrogen) atoms. The first kappa shape index (κ1) is 13.7. The summed E-state index contributed by atoms with van der Waals surface area (Å²) in [7, 11) is 0. The molecule has 2 aromatic carbocycles. The lowest BCUT2D eigenvalue weighted by Gasteiger charge is -1.96. The van der Waals surface area contributed by atoms with Gasteiger partial charge in [0.2, 0.25) is 0 Å².